The predicted octanol–water partition coefficient (Wildman–Crippen LogP) is 2.69. The third kappa shape index (κ3) is 6.76. The highest BCUT2D eigenvalue weighted by molar-refractivity contribution is 5.42. The van der Waals surface area contributed by atoms with Crippen molar-refractivity contribution in [3.8, 4) is 11.5 Å². The van der Waals surface area contributed by atoms with Crippen LogP contribution in [0.3, 0.4) is 0 Å². The molecule has 0 heterocycles. The molecule has 0 aliphatic heterocycles. The van der Waals surface area contributed by atoms with E-state index in [-0.39, 0.29) is 6.29 Å². The van der Waals surface area contributed by atoms with Gasteiger partial charge in [0.25, 0.3) is 0 Å². The van der Waals surface area contributed by atoms with Crippen molar-refractivity contribution in [2.45, 2.75) is 13.2 Å². The monoisotopic (exact) mass is 332 g/mol. The molecular formula is C18H24N2O4. The molecule has 2 rings (SSSR count). The van der Waals surface area contributed by atoms with Crippen molar-refractivity contribution in [1.29, 1.82) is 0 Å². The summed E-state index contributed by atoms with van der Waals surface area (Å²) in [6, 6.07) is 14.5. The van der Waals surface area contributed by atoms with Gasteiger partial charge >= 0.3 is 0 Å². The quantitative estimate of drug-likeness (QED) is 0.395. The molecule has 24 heavy (non-hydrogen) atoms. The van der Waals surface area contributed by atoms with Gasteiger partial charge in [0.2, 0.25) is 0 Å². The smallest absolute Gasteiger partial charge is 0.155 e. The Morgan fingerprint density at radius 2 is 1.04 bits per heavy atom. The van der Waals surface area contributed by atoms with Crippen LogP contribution in [0.2, 0.25) is 0 Å². The van der Waals surface area contributed by atoms with Crippen molar-refractivity contribution in [3.63, 3.8) is 0 Å². The number of rotatable bonds is 10. The summed E-state index contributed by atoms with van der Waals surface area (Å²) in [7, 11) is 0. The van der Waals surface area contributed by atoms with Crippen molar-refractivity contribution < 1.29 is 18.9 Å². The molecule has 0 unspecified atom stereocenters. The first-order chi connectivity index (χ1) is 11.6. The van der Waals surface area contributed by atoms with E-state index >= 15 is 0 Å². The maximum atomic E-state index is 5.61. The molecule has 4 N–H and O–H groups in total. The molecule has 0 saturated heterocycles. The fourth-order valence-corrected chi connectivity index (χ4v) is 1.92. The molecule has 0 spiro atoms. The van der Waals surface area contributed by atoms with E-state index in [1.807, 2.05) is 31.2 Å². The van der Waals surface area contributed by atoms with Crippen LogP contribution in [0.1, 0.15) is 6.92 Å². The summed E-state index contributed by atoms with van der Waals surface area (Å²) < 4.78 is 22.1. The minimum absolute atomic E-state index is 0.324. The first-order valence-electron chi connectivity index (χ1n) is 7.83. The fourth-order valence-electron chi connectivity index (χ4n) is 1.92. The van der Waals surface area contributed by atoms with Crippen LogP contribution in [-0.4, -0.2) is 32.7 Å². The van der Waals surface area contributed by atoms with Crippen LogP contribution in [-0.2, 0) is 9.47 Å². The minimum Gasteiger partial charge on any atom is -0.491 e. The number of hydrogen-bond donors (Lipinski definition) is 2. The maximum Gasteiger partial charge on any atom is 0.155 e. The molecule has 2 aromatic rings. The van der Waals surface area contributed by atoms with E-state index < -0.39 is 0 Å². The second kappa shape index (κ2) is 9.64. The second-order valence-electron chi connectivity index (χ2n) is 5.14. The Balaban J connectivity index is 1.51. The van der Waals surface area contributed by atoms with Crippen molar-refractivity contribution in [1.82, 2.24) is 0 Å². The number of hydrogen-bond acceptors (Lipinski definition) is 6. The van der Waals surface area contributed by atoms with E-state index in [0.29, 0.717) is 37.8 Å². The highest BCUT2D eigenvalue weighted by Gasteiger charge is 2.03. The van der Waals surface area contributed by atoms with Gasteiger partial charge in [-0.1, -0.05) is 0 Å². The molecular weight excluding hydrogens is 308 g/mol. The van der Waals surface area contributed by atoms with Crippen LogP contribution in [0.15, 0.2) is 48.5 Å². The first kappa shape index (κ1) is 17.9. The molecule has 0 aromatic heterocycles. The lowest BCUT2D eigenvalue weighted by Gasteiger charge is -2.15. The number of benzene rings is 2. The van der Waals surface area contributed by atoms with Crippen LogP contribution in [0.25, 0.3) is 0 Å². The minimum atomic E-state index is -0.324. The maximum absolute atomic E-state index is 5.61. The lowest BCUT2D eigenvalue weighted by atomic mass is 10.3. The summed E-state index contributed by atoms with van der Waals surface area (Å²) in [4.78, 5) is 0. The molecule has 130 valence electrons. The van der Waals surface area contributed by atoms with Gasteiger partial charge in [0.1, 0.15) is 24.7 Å². The summed E-state index contributed by atoms with van der Waals surface area (Å²) in [5.41, 5.74) is 12.6. The van der Waals surface area contributed by atoms with Crippen molar-refractivity contribution in [2.24, 2.45) is 0 Å². The van der Waals surface area contributed by atoms with Gasteiger partial charge in [-0.05, 0) is 55.5 Å². The number of anilines is 2. The van der Waals surface area contributed by atoms with Gasteiger partial charge < -0.3 is 30.4 Å². The van der Waals surface area contributed by atoms with Gasteiger partial charge in [-0.15, -0.1) is 0 Å². The summed E-state index contributed by atoms with van der Waals surface area (Å²) in [5.74, 6) is 1.52. The third-order valence-corrected chi connectivity index (χ3v) is 3.17. The molecule has 0 amide bonds. The zero-order valence-corrected chi connectivity index (χ0v) is 13.8. The van der Waals surface area contributed by atoms with Crippen LogP contribution >= 0.6 is 0 Å². The van der Waals surface area contributed by atoms with Crippen LogP contribution in [0.4, 0.5) is 11.4 Å². The first-order valence-corrected chi connectivity index (χ1v) is 7.83. The topological polar surface area (TPSA) is 89.0 Å². The van der Waals surface area contributed by atoms with Crippen LogP contribution in [0, 0.1) is 0 Å². The molecule has 0 aliphatic rings. The van der Waals surface area contributed by atoms with Gasteiger partial charge in [-0.3, -0.25) is 0 Å². The molecule has 0 fully saturated rings. The van der Waals surface area contributed by atoms with E-state index in [1.165, 1.54) is 0 Å². The number of ether oxygens (including phenoxy) is 4. The van der Waals surface area contributed by atoms with Gasteiger partial charge in [0, 0.05) is 11.4 Å². The Labute approximate surface area is 142 Å². The second-order valence-corrected chi connectivity index (χ2v) is 5.14. The predicted molar refractivity (Wildman–Crippen MR) is 94.1 cm³/mol. The Bertz CT molecular complexity index is 533. The SMILES string of the molecule is CC(OCCOc1ccc(N)cc1)OCCOc1ccc(N)cc1. The van der Waals surface area contributed by atoms with Crippen LogP contribution in [0.5, 0.6) is 11.5 Å². The highest BCUT2D eigenvalue weighted by Crippen LogP contribution is 2.13. The van der Waals surface area contributed by atoms with Crippen LogP contribution < -0.4 is 20.9 Å². The van der Waals surface area contributed by atoms with Gasteiger partial charge in [0.15, 0.2) is 6.29 Å². The van der Waals surface area contributed by atoms with E-state index in [1.54, 1.807) is 24.3 Å². The molecule has 6 heteroatoms. The lowest BCUT2D eigenvalue weighted by molar-refractivity contribution is -0.138. The Kier molecular flexibility index (Phi) is 7.20. The zero-order valence-electron chi connectivity index (χ0n) is 13.8. The number of nitrogen functional groups attached to an aromatic ring is 2. The number of nitrogens with two attached hydrogens (primary N) is 2. The van der Waals surface area contributed by atoms with Gasteiger partial charge in [-0.25, -0.2) is 0 Å². The summed E-state index contributed by atoms with van der Waals surface area (Å²) in [6.45, 7) is 3.60. The lowest BCUT2D eigenvalue weighted by Crippen LogP contribution is -2.20. The van der Waals surface area contributed by atoms with Crippen molar-refractivity contribution >= 4 is 11.4 Å². The average Bonchev–Trinajstić information content (AvgIpc) is 2.59. The molecule has 0 bridgehead atoms. The fraction of sp³-hybridized carbons (Fsp3) is 0.333. The molecule has 0 radical (unpaired) electrons. The summed E-state index contributed by atoms with van der Waals surface area (Å²) in [6.07, 6.45) is -0.324. The molecule has 0 saturated carbocycles. The third-order valence-electron chi connectivity index (χ3n) is 3.17. The van der Waals surface area contributed by atoms with Gasteiger partial charge in [0.05, 0.1) is 13.2 Å². The standard InChI is InChI=1S/C18H24N2O4/c1-14(21-10-12-23-17-6-2-15(19)3-7-17)22-11-13-24-18-8-4-16(20)5-9-18/h2-9,14H,10-13,19-20H2,1H3. The van der Waals surface area contributed by atoms with Crippen molar-refractivity contribution in [2.75, 3.05) is 37.9 Å². The molecule has 2 aromatic carbocycles. The Hall–Kier alpha value is -2.44. The highest BCUT2D eigenvalue weighted by atomic mass is 16.7. The largest absolute Gasteiger partial charge is 0.491 e. The van der Waals surface area contributed by atoms with E-state index in [9.17, 15) is 0 Å². The molecule has 6 nitrogen and oxygen atoms in total. The Morgan fingerprint density at radius 1 is 0.667 bits per heavy atom. The average molecular weight is 332 g/mol. The Morgan fingerprint density at radius 3 is 1.42 bits per heavy atom. The molecule has 0 aliphatic carbocycles. The zero-order chi connectivity index (χ0) is 17.2. The van der Waals surface area contributed by atoms with E-state index in [4.69, 9.17) is 30.4 Å². The summed E-state index contributed by atoms with van der Waals surface area (Å²) in [5, 5.41) is 0. The van der Waals surface area contributed by atoms with Crippen molar-refractivity contribution in [3.05, 3.63) is 48.5 Å². The summed E-state index contributed by atoms with van der Waals surface area (Å²) >= 11 is 0. The van der Waals surface area contributed by atoms with Gasteiger partial charge in [-0.2, -0.15) is 0 Å². The molecule has 0 atom stereocenters. The van der Waals surface area contributed by atoms with E-state index in [2.05, 4.69) is 0 Å². The normalized spacial score (nSPS) is 10.8. The van der Waals surface area contributed by atoms with E-state index in [0.717, 1.165) is 11.5 Å².